The van der Waals surface area contributed by atoms with E-state index < -0.39 is 0 Å². The molecule has 2 aromatic heterocycles. The fraction of sp³-hybridized carbons (Fsp3) is 0.292. The number of carbonyl (C=O) groups is 1. The molecule has 0 radical (unpaired) electrons. The van der Waals surface area contributed by atoms with Crippen molar-refractivity contribution in [1.29, 1.82) is 0 Å². The van der Waals surface area contributed by atoms with E-state index in [0.717, 1.165) is 54.5 Å². The van der Waals surface area contributed by atoms with Crippen LogP contribution in [0.5, 0.6) is 0 Å². The van der Waals surface area contributed by atoms with Crippen molar-refractivity contribution >= 4 is 33.4 Å². The molecular weight excluding hydrogens is 420 g/mol. The SMILES string of the molecule is O=C(NCc1nc2ccccc2[nH]1)c1cnc(NC2CCN(Cc3ccccc3)CC2)s1. The monoisotopic (exact) mass is 446 g/mol. The number of thiazole rings is 1. The van der Waals surface area contributed by atoms with Crippen LogP contribution in [0.25, 0.3) is 11.0 Å². The molecule has 2 aromatic carbocycles. The average molecular weight is 447 g/mol. The second-order valence-corrected chi connectivity index (χ2v) is 9.12. The summed E-state index contributed by atoms with van der Waals surface area (Å²) in [5, 5.41) is 7.25. The molecule has 0 aliphatic carbocycles. The maximum absolute atomic E-state index is 12.5. The van der Waals surface area contributed by atoms with Crippen LogP contribution in [0.2, 0.25) is 0 Å². The minimum atomic E-state index is -0.131. The summed E-state index contributed by atoms with van der Waals surface area (Å²) in [4.78, 5) is 27.8. The number of aromatic amines is 1. The first-order valence-electron chi connectivity index (χ1n) is 10.9. The standard InChI is InChI=1S/C24H26N6OS/c31-23(25-15-22-28-19-8-4-5-9-20(19)29-22)21-14-26-24(32-21)27-18-10-12-30(13-11-18)16-17-6-2-1-3-7-17/h1-9,14,18H,10-13,15-16H2,(H,25,31)(H,26,27)(H,28,29). The Bertz CT molecular complexity index is 1150. The quantitative estimate of drug-likeness (QED) is 0.399. The lowest BCUT2D eigenvalue weighted by Gasteiger charge is -2.32. The zero-order valence-corrected chi connectivity index (χ0v) is 18.6. The van der Waals surface area contributed by atoms with E-state index in [1.165, 1.54) is 16.9 Å². The molecule has 164 valence electrons. The number of para-hydroxylation sites is 2. The molecule has 1 saturated heterocycles. The Morgan fingerprint density at radius 2 is 1.88 bits per heavy atom. The number of amides is 1. The maximum atomic E-state index is 12.5. The molecular formula is C24H26N6OS. The third-order valence-corrected chi connectivity index (χ3v) is 6.68. The summed E-state index contributed by atoms with van der Waals surface area (Å²) in [7, 11) is 0. The van der Waals surface area contributed by atoms with Gasteiger partial charge in [-0.2, -0.15) is 0 Å². The number of imidazole rings is 1. The number of hydrogen-bond donors (Lipinski definition) is 3. The molecule has 3 heterocycles. The molecule has 3 N–H and O–H groups in total. The minimum Gasteiger partial charge on any atom is -0.359 e. The highest BCUT2D eigenvalue weighted by atomic mass is 32.1. The number of nitrogens with zero attached hydrogens (tertiary/aromatic N) is 3. The van der Waals surface area contributed by atoms with Gasteiger partial charge in [0.2, 0.25) is 0 Å². The molecule has 5 rings (SSSR count). The van der Waals surface area contributed by atoms with Crippen molar-refractivity contribution in [2.45, 2.75) is 32.0 Å². The first-order chi connectivity index (χ1) is 15.7. The molecule has 1 amide bonds. The molecule has 0 bridgehead atoms. The summed E-state index contributed by atoms with van der Waals surface area (Å²) in [6, 6.07) is 18.8. The van der Waals surface area contributed by atoms with Gasteiger partial charge in [0.15, 0.2) is 5.13 Å². The maximum Gasteiger partial charge on any atom is 0.263 e. The van der Waals surface area contributed by atoms with Crippen molar-refractivity contribution in [2.24, 2.45) is 0 Å². The van der Waals surface area contributed by atoms with Crippen LogP contribution in [-0.2, 0) is 13.1 Å². The number of nitrogens with one attached hydrogen (secondary N) is 3. The van der Waals surface area contributed by atoms with E-state index >= 15 is 0 Å². The first-order valence-corrected chi connectivity index (χ1v) is 11.7. The number of rotatable bonds is 7. The fourth-order valence-corrected chi connectivity index (χ4v) is 4.85. The molecule has 0 saturated carbocycles. The molecule has 0 unspecified atom stereocenters. The van der Waals surface area contributed by atoms with Crippen molar-refractivity contribution in [2.75, 3.05) is 18.4 Å². The molecule has 0 atom stereocenters. The van der Waals surface area contributed by atoms with Gasteiger partial charge in [0.25, 0.3) is 5.91 Å². The van der Waals surface area contributed by atoms with E-state index in [2.05, 4.69) is 60.8 Å². The predicted octanol–water partition coefficient (Wildman–Crippen LogP) is 4.03. The van der Waals surface area contributed by atoms with Crippen molar-refractivity contribution in [3.8, 4) is 0 Å². The Kier molecular flexibility index (Phi) is 6.13. The molecule has 8 heteroatoms. The number of anilines is 1. The number of aromatic nitrogens is 3. The Balaban J connectivity index is 1.09. The predicted molar refractivity (Wildman–Crippen MR) is 128 cm³/mol. The zero-order chi connectivity index (χ0) is 21.8. The van der Waals surface area contributed by atoms with Crippen LogP contribution < -0.4 is 10.6 Å². The number of carbonyl (C=O) groups excluding carboxylic acids is 1. The van der Waals surface area contributed by atoms with Gasteiger partial charge in [-0.05, 0) is 30.5 Å². The Hall–Kier alpha value is -3.23. The average Bonchev–Trinajstić information content (AvgIpc) is 3.46. The Morgan fingerprint density at radius 1 is 1.09 bits per heavy atom. The lowest BCUT2D eigenvalue weighted by Crippen LogP contribution is -2.38. The van der Waals surface area contributed by atoms with Gasteiger partial charge in [0.05, 0.1) is 23.8 Å². The van der Waals surface area contributed by atoms with Crippen LogP contribution in [0, 0.1) is 0 Å². The van der Waals surface area contributed by atoms with E-state index in [1.807, 2.05) is 24.3 Å². The van der Waals surface area contributed by atoms with Gasteiger partial charge in [-0.15, -0.1) is 0 Å². The zero-order valence-electron chi connectivity index (χ0n) is 17.8. The van der Waals surface area contributed by atoms with Crippen LogP contribution in [-0.4, -0.2) is 44.9 Å². The highest BCUT2D eigenvalue weighted by Crippen LogP contribution is 2.23. The first kappa shape index (κ1) is 20.7. The van der Waals surface area contributed by atoms with Crippen molar-refractivity contribution in [1.82, 2.24) is 25.2 Å². The second-order valence-electron chi connectivity index (χ2n) is 8.09. The van der Waals surface area contributed by atoms with Gasteiger partial charge in [-0.25, -0.2) is 9.97 Å². The van der Waals surface area contributed by atoms with Crippen LogP contribution in [0.3, 0.4) is 0 Å². The van der Waals surface area contributed by atoms with Gasteiger partial charge >= 0.3 is 0 Å². The summed E-state index contributed by atoms with van der Waals surface area (Å²) >= 11 is 1.40. The molecule has 1 aliphatic rings. The lowest BCUT2D eigenvalue weighted by molar-refractivity contribution is 0.0954. The number of likely N-dealkylation sites (tertiary alicyclic amines) is 1. The third kappa shape index (κ3) is 4.98. The number of hydrogen-bond acceptors (Lipinski definition) is 6. The summed E-state index contributed by atoms with van der Waals surface area (Å²) in [5.74, 6) is 0.610. The van der Waals surface area contributed by atoms with Gasteiger partial charge < -0.3 is 15.6 Å². The largest absolute Gasteiger partial charge is 0.359 e. The summed E-state index contributed by atoms with van der Waals surface area (Å²) < 4.78 is 0. The van der Waals surface area contributed by atoms with Crippen LogP contribution >= 0.6 is 11.3 Å². The summed E-state index contributed by atoms with van der Waals surface area (Å²) in [6.07, 6.45) is 3.78. The third-order valence-electron chi connectivity index (χ3n) is 5.75. The van der Waals surface area contributed by atoms with E-state index in [9.17, 15) is 4.79 Å². The van der Waals surface area contributed by atoms with Gasteiger partial charge in [0, 0.05) is 25.7 Å². The van der Waals surface area contributed by atoms with E-state index in [1.54, 1.807) is 6.20 Å². The smallest absolute Gasteiger partial charge is 0.263 e. The molecule has 0 spiro atoms. The highest BCUT2D eigenvalue weighted by molar-refractivity contribution is 7.17. The van der Waals surface area contributed by atoms with Crippen LogP contribution in [0.1, 0.15) is 33.9 Å². The van der Waals surface area contributed by atoms with E-state index in [0.29, 0.717) is 17.5 Å². The van der Waals surface area contributed by atoms with E-state index in [4.69, 9.17) is 0 Å². The number of H-pyrrole nitrogens is 1. The minimum absolute atomic E-state index is 0.131. The summed E-state index contributed by atoms with van der Waals surface area (Å²) in [5.41, 5.74) is 3.23. The van der Waals surface area contributed by atoms with Gasteiger partial charge in [0.1, 0.15) is 10.7 Å². The van der Waals surface area contributed by atoms with E-state index in [-0.39, 0.29) is 5.91 Å². The summed E-state index contributed by atoms with van der Waals surface area (Å²) in [6.45, 7) is 3.47. The number of benzene rings is 2. The fourth-order valence-electron chi connectivity index (χ4n) is 4.04. The molecule has 1 fully saturated rings. The molecule has 32 heavy (non-hydrogen) atoms. The highest BCUT2D eigenvalue weighted by Gasteiger charge is 2.20. The van der Waals surface area contributed by atoms with Gasteiger partial charge in [-0.1, -0.05) is 53.8 Å². The van der Waals surface area contributed by atoms with Crippen molar-refractivity contribution < 1.29 is 4.79 Å². The number of fused-ring (bicyclic) bond motifs is 1. The van der Waals surface area contributed by atoms with Crippen LogP contribution in [0.15, 0.2) is 60.8 Å². The van der Waals surface area contributed by atoms with Crippen molar-refractivity contribution in [3.05, 3.63) is 77.1 Å². The molecule has 4 aromatic rings. The topological polar surface area (TPSA) is 85.9 Å². The lowest BCUT2D eigenvalue weighted by atomic mass is 10.0. The molecule has 7 nitrogen and oxygen atoms in total. The van der Waals surface area contributed by atoms with Crippen LogP contribution in [0.4, 0.5) is 5.13 Å². The normalized spacial score (nSPS) is 15.1. The van der Waals surface area contributed by atoms with Gasteiger partial charge in [-0.3, -0.25) is 9.69 Å². The second kappa shape index (κ2) is 9.50. The Labute approximate surface area is 190 Å². The van der Waals surface area contributed by atoms with Crippen molar-refractivity contribution in [3.63, 3.8) is 0 Å². The molecule has 1 aliphatic heterocycles. The number of piperidine rings is 1. The Morgan fingerprint density at radius 3 is 2.69 bits per heavy atom.